The molecule has 43 heavy (non-hydrogen) atoms. The summed E-state index contributed by atoms with van der Waals surface area (Å²) in [5, 5.41) is 44.0. The van der Waals surface area contributed by atoms with E-state index in [0.29, 0.717) is 5.57 Å². The van der Waals surface area contributed by atoms with Gasteiger partial charge < -0.3 is 34.6 Å². The van der Waals surface area contributed by atoms with Gasteiger partial charge in [-0.2, -0.15) is 0 Å². The van der Waals surface area contributed by atoms with E-state index >= 15 is 0 Å². The number of ether oxygens (including phenoxy) is 3. The molecule has 0 amide bonds. The fourth-order valence-corrected chi connectivity index (χ4v) is 6.05. The largest absolute Gasteiger partial charge is 0.463 e. The highest BCUT2D eigenvalue weighted by Gasteiger charge is 2.62. The van der Waals surface area contributed by atoms with E-state index in [0.717, 1.165) is 0 Å². The molecule has 1 saturated heterocycles. The number of aliphatic hydroxyl groups excluding tert-OH is 4. The number of esters is 1. The monoisotopic (exact) mass is 610 g/mol. The molecule has 11 nitrogen and oxygen atoms in total. The van der Waals surface area contributed by atoms with Gasteiger partial charge in [0, 0.05) is 43.1 Å². The van der Waals surface area contributed by atoms with Crippen molar-refractivity contribution in [3.8, 4) is 0 Å². The SMILES string of the molecule is C/C=C/[C@H](C)[C@H]1O[C@]1(C)[C@H](O)[C@H]1COC(=O)[C@H](O)[C@@H](OC)[C@H](C)C(=O)[C@H](C)[C@@H](O)/C(C)=C\[C@H](C)C(=O)C[C@H](O)[C@@H](C)C1=O. The molecule has 13 atom stereocenters. The van der Waals surface area contributed by atoms with Crippen molar-refractivity contribution in [2.24, 2.45) is 35.5 Å². The van der Waals surface area contributed by atoms with Crippen LogP contribution in [0, 0.1) is 35.5 Å². The van der Waals surface area contributed by atoms with Gasteiger partial charge >= 0.3 is 5.97 Å². The number of rotatable bonds is 5. The van der Waals surface area contributed by atoms with Crippen LogP contribution in [0.4, 0.5) is 0 Å². The van der Waals surface area contributed by atoms with Gasteiger partial charge in [-0.05, 0) is 26.3 Å². The Morgan fingerprint density at radius 2 is 1.60 bits per heavy atom. The van der Waals surface area contributed by atoms with Gasteiger partial charge in [-0.3, -0.25) is 14.4 Å². The number of hydrogen-bond donors (Lipinski definition) is 4. The summed E-state index contributed by atoms with van der Waals surface area (Å²) in [6.45, 7) is 12.3. The first-order chi connectivity index (χ1) is 19.9. The highest BCUT2D eigenvalue weighted by atomic mass is 16.6. The van der Waals surface area contributed by atoms with Gasteiger partial charge in [0.25, 0.3) is 0 Å². The smallest absolute Gasteiger partial charge is 0.337 e. The van der Waals surface area contributed by atoms with Crippen molar-refractivity contribution < 1.29 is 53.8 Å². The zero-order valence-electron chi connectivity index (χ0n) is 26.7. The van der Waals surface area contributed by atoms with Crippen LogP contribution in [0.1, 0.15) is 61.8 Å². The lowest BCUT2D eigenvalue weighted by atomic mass is 9.79. The number of aliphatic hydroxyl groups is 4. The molecule has 0 radical (unpaired) electrons. The van der Waals surface area contributed by atoms with Crippen molar-refractivity contribution in [2.75, 3.05) is 13.7 Å². The van der Waals surface area contributed by atoms with E-state index < -0.39 is 102 Å². The Morgan fingerprint density at radius 3 is 2.16 bits per heavy atom. The summed E-state index contributed by atoms with van der Waals surface area (Å²) < 4.78 is 16.5. The molecule has 1 fully saturated rings. The van der Waals surface area contributed by atoms with Crippen molar-refractivity contribution in [2.45, 2.75) is 104 Å². The number of cyclic esters (lactones) is 1. The van der Waals surface area contributed by atoms with Crippen molar-refractivity contribution in [3.05, 3.63) is 23.8 Å². The predicted molar refractivity (Wildman–Crippen MR) is 157 cm³/mol. The van der Waals surface area contributed by atoms with Crippen molar-refractivity contribution in [3.63, 3.8) is 0 Å². The molecule has 0 saturated carbocycles. The first-order valence-electron chi connectivity index (χ1n) is 14.9. The highest BCUT2D eigenvalue weighted by molar-refractivity contribution is 5.88. The molecule has 2 aliphatic rings. The molecular weight excluding hydrogens is 560 g/mol. The van der Waals surface area contributed by atoms with E-state index in [-0.39, 0.29) is 12.3 Å². The number of carbonyl (C=O) groups excluding carboxylic acids is 4. The average molecular weight is 611 g/mol. The van der Waals surface area contributed by atoms with Crippen LogP contribution in [0.5, 0.6) is 0 Å². The zero-order chi connectivity index (χ0) is 33.0. The minimum atomic E-state index is -1.92. The van der Waals surface area contributed by atoms with Crippen LogP contribution in [0.25, 0.3) is 0 Å². The standard InChI is InChI=1S/C32H50O11/c1-10-11-15(2)30-32(8,43-30)29(39)21-14-42-31(40)27(38)28(41-9)20(7)25(36)19(6)24(35)17(4)12-16(3)22(33)13-23(34)18(5)26(21)37/h10-12,15-16,18-21,23-24,27-30,34-35,38-39H,13-14H2,1-9H3/b11-10+,17-12-/t15-,16-,18+,19+,20+,21-,23-,24-,27+,28-,29+,30+,32+/m0/s1. The third-order valence-electron chi connectivity index (χ3n) is 9.21. The number of allylic oxidation sites excluding steroid dienone is 2. The highest BCUT2D eigenvalue weighted by Crippen LogP contribution is 2.47. The number of Topliss-reactive ketones (excluding diaryl/α,β-unsaturated/α-hetero) is 3. The van der Waals surface area contributed by atoms with Crippen LogP contribution in [0.2, 0.25) is 0 Å². The molecular formula is C32H50O11. The molecule has 244 valence electrons. The van der Waals surface area contributed by atoms with E-state index in [2.05, 4.69) is 0 Å². The summed E-state index contributed by atoms with van der Waals surface area (Å²) in [5.74, 6) is -8.06. The minimum absolute atomic E-state index is 0.0932. The Bertz CT molecular complexity index is 1080. The Labute approximate surface area is 254 Å². The van der Waals surface area contributed by atoms with Crippen LogP contribution in [-0.4, -0.2) is 99.7 Å². The van der Waals surface area contributed by atoms with Crippen molar-refractivity contribution >= 4 is 23.3 Å². The van der Waals surface area contributed by atoms with E-state index in [1.165, 1.54) is 34.0 Å². The van der Waals surface area contributed by atoms with Crippen molar-refractivity contribution in [1.82, 2.24) is 0 Å². The van der Waals surface area contributed by atoms with Gasteiger partial charge in [-0.25, -0.2) is 4.79 Å². The first kappa shape index (κ1) is 36.9. The van der Waals surface area contributed by atoms with Gasteiger partial charge in [0.2, 0.25) is 0 Å². The summed E-state index contributed by atoms with van der Waals surface area (Å²) >= 11 is 0. The Morgan fingerprint density at radius 1 is 1.00 bits per heavy atom. The normalized spacial score (nSPS) is 42.0. The Balaban J connectivity index is 2.50. The van der Waals surface area contributed by atoms with Crippen LogP contribution in [-0.2, 0) is 33.4 Å². The molecule has 0 aliphatic carbocycles. The van der Waals surface area contributed by atoms with Crippen molar-refractivity contribution in [1.29, 1.82) is 0 Å². The van der Waals surface area contributed by atoms with Gasteiger partial charge in [0.1, 0.15) is 35.7 Å². The Kier molecular flexibility index (Phi) is 13.0. The second-order valence-corrected chi connectivity index (χ2v) is 12.5. The minimum Gasteiger partial charge on any atom is -0.463 e. The molecule has 2 aliphatic heterocycles. The van der Waals surface area contributed by atoms with Crippen LogP contribution >= 0.6 is 0 Å². The molecule has 4 N–H and O–H groups in total. The second-order valence-electron chi connectivity index (χ2n) is 12.5. The Hall–Kier alpha value is -2.28. The molecule has 11 heteroatoms. The molecule has 0 aromatic heterocycles. The maximum Gasteiger partial charge on any atom is 0.337 e. The fourth-order valence-electron chi connectivity index (χ4n) is 6.05. The van der Waals surface area contributed by atoms with E-state index in [4.69, 9.17) is 14.2 Å². The molecule has 0 aromatic carbocycles. The second kappa shape index (κ2) is 15.1. The van der Waals surface area contributed by atoms with Crippen LogP contribution < -0.4 is 0 Å². The quantitative estimate of drug-likeness (QED) is 0.202. The summed E-state index contributed by atoms with van der Waals surface area (Å²) in [5.41, 5.74) is -0.809. The van der Waals surface area contributed by atoms with Gasteiger partial charge in [0.15, 0.2) is 6.10 Å². The van der Waals surface area contributed by atoms with Crippen LogP contribution in [0.3, 0.4) is 0 Å². The fraction of sp³-hybridized carbons (Fsp3) is 0.750. The molecule has 0 unspecified atom stereocenters. The third-order valence-corrected chi connectivity index (χ3v) is 9.21. The molecule has 2 rings (SSSR count). The van der Waals surface area contributed by atoms with Gasteiger partial charge in [-0.15, -0.1) is 0 Å². The number of hydrogen-bond acceptors (Lipinski definition) is 11. The summed E-state index contributed by atoms with van der Waals surface area (Å²) in [4.78, 5) is 53.0. The summed E-state index contributed by atoms with van der Waals surface area (Å²) in [6.07, 6.45) is -2.96. The number of methoxy groups -OCH3 is 1. The lowest BCUT2D eigenvalue weighted by molar-refractivity contribution is -0.169. The number of carbonyl (C=O) groups is 4. The number of epoxide rings is 1. The topological polar surface area (TPSA) is 180 Å². The van der Waals surface area contributed by atoms with E-state index in [9.17, 15) is 39.6 Å². The summed E-state index contributed by atoms with van der Waals surface area (Å²) in [7, 11) is 1.22. The first-order valence-corrected chi connectivity index (χ1v) is 14.9. The van der Waals surface area contributed by atoms with Crippen LogP contribution in [0.15, 0.2) is 23.8 Å². The van der Waals surface area contributed by atoms with Gasteiger partial charge in [0.05, 0.1) is 30.3 Å². The third kappa shape index (κ3) is 8.26. The lowest BCUT2D eigenvalue weighted by Crippen LogP contribution is -2.49. The predicted octanol–water partition coefficient (Wildman–Crippen LogP) is 1.58. The van der Waals surface area contributed by atoms with Gasteiger partial charge in [-0.1, -0.05) is 52.8 Å². The summed E-state index contributed by atoms with van der Waals surface area (Å²) in [6, 6.07) is 0. The average Bonchev–Trinajstić information content (AvgIpc) is 3.67. The maximum atomic E-state index is 13.7. The molecule has 0 spiro atoms. The zero-order valence-corrected chi connectivity index (χ0v) is 26.7. The van der Waals surface area contributed by atoms with E-state index in [1.54, 1.807) is 20.8 Å². The van der Waals surface area contributed by atoms with E-state index in [1.807, 2.05) is 26.0 Å². The lowest BCUT2D eigenvalue weighted by Gasteiger charge is -2.31. The molecule has 2 heterocycles. The molecule has 0 aromatic rings. The number of ketones is 3. The maximum absolute atomic E-state index is 13.7. The molecule has 0 bridgehead atoms.